The number of benzene rings is 1. The number of phenolic OH excluding ortho intramolecular Hbond substituents is 1. The molecule has 1 heterocycles. The molecule has 1 saturated heterocycles. The fourth-order valence-corrected chi connectivity index (χ4v) is 2.30. The number of non-ortho nitro benzene ring substituents is 1. The van der Waals surface area contributed by atoms with Crippen LogP contribution in [0.2, 0.25) is 0 Å². The zero-order chi connectivity index (χ0) is 15.6. The van der Waals surface area contributed by atoms with Gasteiger partial charge in [-0.25, -0.2) is 0 Å². The van der Waals surface area contributed by atoms with Gasteiger partial charge in [-0.15, -0.1) is 0 Å². The predicted molar refractivity (Wildman–Crippen MR) is 75.3 cm³/mol. The first-order valence-electron chi connectivity index (χ1n) is 6.77. The van der Waals surface area contributed by atoms with Crippen LogP contribution < -0.4 is 0 Å². The number of amides is 1. The number of phenols is 1. The van der Waals surface area contributed by atoms with Crippen LogP contribution in [0.25, 0.3) is 0 Å². The molecular formula is C14H18N2O5. The first-order valence-corrected chi connectivity index (χ1v) is 6.77. The summed E-state index contributed by atoms with van der Waals surface area (Å²) in [5.41, 5.74) is -0.697. The second-order valence-corrected chi connectivity index (χ2v) is 5.34. The SMILES string of the molecule is CCC1(C)CN(C(=O)c2cc([N+](=O)[O-])ccc2O)CCO1. The normalized spacial score (nSPS) is 22.1. The minimum atomic E-state index is -0.592. The van der Waals surface area contributed by atoms with Gasteiger partial charge in [0.25, 0.3) is 11.6 Å². The summed E-state index contributed by atoms with van der Waals surface area (Å²) in [6.07, 6.45) is 0.748. The van der Waals surface area contributed by atoms with Gasteiger partial charge in [-0.3, -0.25) is 14.9 Å². The lowest BCUT2D eigenvalue weighted by molar-refractivity contribution is -0.384. The minimum absolute atomic E-state index is 0.0513. The van der Waals surface area contributed by atoms with Crippen molar-refractivity contribution in [3.63, 3.8) is 0 Å². The van der Waals surface area contributed by atoms with Crippen LogP contribution in [-0.4, -0.2) is 46.1 Å². The Bertz CT molecular complexity index is 574. The van der Waals surface area contributed by atoms with Crippen molar-refractivity contribution in [2.45, 2.75) is 25.9 Å². The molecule has 0 radical (unpaired) electrons. The smallest absolute Gasteiger partial charge is 0.270 e. The van der Waals surface area contributed by atoms with Gasteiger partial charge in [-0.1, -0.05) is 6.92 Å². The molecule has 1 aliphatic heterocycles. The Morgan fingerprint density at radius 2 is 2.29 bits per heavy atom. The average molecular weight is 294 g/mol. The molecule has 0 saturated carbocycles. The molecule has 0 aromatic heterocycles. The van der Waals surface area contributed by atoms with E-state index in [1.807, 2.05) is 13.8 Å². The van der Waals surface area contributed by atoms with Gasteiger partial charge in [0.15, 0.2) is 0 Å². The van der Waals surface area contributed by atoms with Crippen LogP contribution >= 0.6 is 0 Å². The highest BCUT2D eigenvalue weighted by Crippen LogP contribution is 2.27. The molecule has 1 unspecified atom stereocenters. The van der Waals surface area contributed by atoms with Gasteiger partial charge in [0.1, 0.15) is 5.75 Å². The van der Waals surface area contributed by atoms with Crippen LogP contribution in [0.15, 0.2) is 18.2 Å². The van der Waals surface area contributed by atoms with Crippen molar-refractivity contribution in [1.82, 2.24) is 4.90 Å². The zero-order valence-corrected chi connectivity index (χ0v) is 12.0. The maximum absolute atomic E-state index is 12.5. The van der Waals surface area contributed by atoms with Crippen LogP contribution in [-0.2, 0) is 4.74 Å². The molecule has 1 aromatic carbocycles. The molecule has 2 rings (SSSR count). The number of hydrogen-bond acceptors (Lipinski definition) is 5. The molecule has 114 valence electrons. The molecule has 0 bridgehead atoms. The number of morpholine rings is 1. The van der Waals surface area contributed by atoms with Crippen molar-refractivity contribution >= 4 is 11.6 Å². The summed E-state index contributed by atoms with van der Waals surface area (Å²) >= 11 is 0. The Kier molecular flexibility index (Phi) is 4.13. The molecule has 1 N–H and O–H groups in total. The molecule has 7 nitrogen and oxygen atoms in total. The van der Waals surface area contributed by atoms with E-state index in [9.17, 15) is 20.0 Å². The highest BCUT2D eigenvalue weighted by atomic mass is 16.6. The number of nitro groups is 1. The quantitative estimate of drug-likeness (QED) is 0.679. The van der Waals surface area contributed by atoms with Crippen LogP contribution in [0.5, 0.6) is 5.75 Å². The third-order valence-electron chi connectivity index (χ3n) is 3.79. The number of hydrogen-bond donors (Lipinski definition) is 1. The lowest BCUT2D eigenvalue weighted by Gasteiger charge is -2.40. The van der Waals surface area contributed by atoms with Gasteiger partial charge in [0.05, 0.1) is 22.7 Å². The molecule has 7 heteroatoms. The molecule has 1 amide bonds. The molecule has 0 spiro atoms. The standard InChI is InChI=1S/C14H18N2O5/c1-3-14(2)9-15(6-7-21-14)13(18)11-8-10(16(19)20)4-5-12(11)17/h4-5,8,17H,3,6-7,9H2,1-2H3. The Labute approximate surface area is 122 Å². The maximum atomic E-state index is 12.5. The largest absolute Gasteiger partial charge is 0.507 e. The first kappa shape index (κ1) is 15.2. The molecule has 1 aliphatic rings. The molecular weight excluding hydrogens is 276 g/mol. The summed E-state index contributed by atoms with van der Waals surface area (Å²) in [5, 5.41) is 20.6. The van der Waals surface area contributed by atoms with E-state index in [-0.39, 0.29) is 17.0 Å². The zero-order valence-electron chi connectivity index (χ0n) is 12.0. The second-order valence-electron chi connectivity index (χ2n) is 5.34. The number of nitro benzene ring substituents is 1. The Balaban J connectivity index is 2.27. The molecule has 0 aliphatic carbocycles. The summed E-state index contributed by atoms with van der Waals surface area (Å²) < 4.78 is 5.66. The van der Waals surface area contributed by atoms with E-state index in [2.05, 4.69) is 0 Å². The molecule has 1 atom stereocenters. The second kappa shape index (κ2) is 5.69. The first-order chi connectivity index (χ1) is 9.86. The van der Waals surface area contributed by atoms with E-state index in [1.165, 1.54) is 12.1 Å². The summed E-state index contributed by atoms with van der Waals surface area (Å²) in [7, 11) is 0. The van der Waals surface area contributed by atoms with Crippen molar-refractivity contribution in [2.24, 2.45) is 0 Å². The Morgan fingerprint density at radius 1 is 1.57 bits per heavy atom. The summed E-state index contributed by atoms with van der Waals surface area (Å²) in [5.74, 6) is -0.672. The van der Waals surface area contributed by atoms with Crippen LogP contribution in [0.3, 0.4) is 0 Å². The van der Waals surface area contributed by atoms with Crippen molar-refractivity contribution in [2.75, 3.05) is 19.7 Å². The van der Waals surface area contributed by atoms with Crippen molar-refractivity contribution < 1.29 is 19.6 Å². The summed E-state index contributed by atoms with van der Waals surface area (Å²) in [6.45, 7) is 5.09. The molecule has 21 heavy (non-hydrogen) atoms. The van der Waals surface area contributed by atoms with Gasteiger partial charge in [0, 0.05) is 25.2 Å². The van der Waals surface area contributed by atoms with E-state index in [0.717, 1.165) is 12.5 Å². The highest BCUT2D eigenvalue weighted by Gasteiger charge is 2.34. The lowest BCUT2D eigenvalue weighted by atomic mass is 10.00. The topological polar surface area (TPSA) is 92.9 Å². The van der Waals surface area contributed by atoms with Gasteiger partial charge in [0.2, 0.25) is 0 Å². The number of rotatable bonds is 3. The van der Waals surface area contributed by atoms with E-state index in [1.54, 1.807) is 4.90 Å². The number of carbonyl (C=O) groups excluding carboxylic acids is 1. The Morgan fingerprint density at radius 3 is 2.90 bits per heavy atom. The van der Waals surface area contributed by atoms with Crippen molar-refractivity contribution in [3.05, 3.63) is 33.9 Å². The molecule has 1 aromatic rings. The van der Waals surface area contributed by atoms with Gasteiger partial charge in [-0.05, 0) is 19.4 Å². The van der Waals surface area contributed by atoms with Crippen molar-refractivity contribution in [3.8, 4) is 5.75 Å². The van der Waals surface area contributed by atoms with Gasteiger partial charge in [-0.2, -0.15) is 0 Å². The van der Waals surface area contributed by atoms with Crippen LogP contribution in [0.4, 0.5) is 5.69 Å². The summed E-state index contributed by atoms with van der Waals surface area (Å²) in [4.78, 5) is 24.2. The van der Waals surface area contributed by atoms with E-state index >= 15 is 0 Å². The number of aromatic hydroxyl groups is 1. The number of ether oxygens (including phenoxy) is 1. The molecule has 1 fully saturated rings. The van der Waals surface area contributed by atoms with Crippen LogP contribution in [0, 0.1) is 10.1 Å². The minimum Gasteiger partial charge on any atom is -0.507 e. The van der Waals surface area contributed by atoms with Gasteiger partial charge < -0.3 is 14.7 Å². The van der Waals surface area contributed by atoms with E-state index in [4.69, 9.17) is 4.74 Å². The highest BCUT2D eigenvalue weighted by molar-refractivity contribution is 5.97. The fourth-order valence-electron chi connectivity index (χ4n) is 2.30. The van der Waals surface area contributed by atoms with E-state index in [0.29, 0.717) is 19.7 Å². The number of carbonyl (C=O) groups is 1. The summed E-state index contributed by atoms with van der Waals surface area (Å²) in [6, 6.07) is 3.45. The van der Waals surface area contributed by atoms with E-state index < -0.39 is 16.4 Å². The monoisotopic (exact) mass is 294 g/mol. The lowest BCUT2D eigenvalue weighted by Crippen LogP contribution is -2.51. The average Bonchev–Trinajstić information content (AvgIpc) is 2.47. The predicted octanol–water partition coefficient (Wildman–Crippen LogP) is 1.94. The van der Waals surface area contributed by atoms with Gasteiger partial charge >= 0.3 is 0 Å². The van der Waals surface area contributed by atoms with Crippen LogP contribution in [0.1, 0.15) is 30.6 Å². The third-order valence-corrected chi connectivity index (χ3v) is 3.79. The van der Waals surface area contributed by atoms with Crippen molar-refractivity contribution in [1.29, 1.82) is 0 Å². The number of nitrogens with zero attached hydrogens (tertiary/aromatic N) is 2. The fraction of sp³-hybridized carbons (Fsp3) is 0.500. The maximum Gasteiger partial charge on any atom is 0.270 e. The third kappa shape index (κ3) is 3.13. The Hall–Kier alpha value is -2.15.